The Labute approximate surface area is 124 Å². The molecular weight excluding hydrogens is 272 g/mol. The molecule has 0 aliphatic heterocycles. The summed E-state index contributed by atoms with van der Waals surface area (Å²) in [5.41, 5.74) is 2.86. The Kier molecular flexibility index (Phi) is 5.33. The summed E-state index contributed by atoms with van der Waals surface area (Å²) in [5, 5.41) is 9.42. The van der Waals surface area contributed by atoms with Gasteiger partial charge < -0.3 is 5.11 Å². The second-order valence-electron chi connectivity index (χ2n) is 4.69. The van der Waals surface area contributed by atoms with Crippen LogP contribution in [0, 0.1) is 0 Å². The molecule has 104 valence electrons. The summed E-state index contributed by atoms with van der Waals surface area (Å²) >= 11 is 5.86. The molecule has 0 fully saturated rings. The lowest BCUT2D eigenvalue weighted by atomic mass is 10.0. The number of aliphatic hydroxyl groups is 1. The van der Waals surface area contributed by atoms with E-state index in [1.807, 2.05) is 48.5 Å². The lowest BCUT2D eigenvalue weighted by Gasteiger charge is -2.04. The van der Waals surface area contributed by atoms with E-state index in [4.69, 9.17) is 16.7 Å². The van der Waals surface area contributed by atoms with E-state index in [0.717, 1.165) is 23.1 Å². The Balaban J connectivity index is 2.06. The number of Topliss-reactive ketones (excluding diaryl/α,β-unsaturated/α-hetero) is 1. The molecule has 2 rings (SSSR count). The Morgan fingerprint density at radius 1 is 0.900 bits per heavy atom. The molecule has 0 amide bonds. The summed E-state index contributed by atoms with van der Waals surface area (Å²) in [6.45, 7) is 0.142. The number of benzene rings is 2. The van der Waals surface area contributed by atoms with Crippen LogP contribution in [-0.4, -0.2) is 17.5 Å². The van der Waals surface area contributed by atoms with Gasteiger partial charge in [0.15, 0.2) is 5.78 Å². The maximum absolute atomic E-state index is 11.9. The summed E-state index contributed by atoms with van der Waals surface area (Å²) in [6.07, 6.45) is 1.89. The van der Waals surface area contributed by atoms with Gasteiger partial charge >= 0.3 is 0 Å². The number of rotatable bonds is 6. The van der Waals surface area contributed by atoms with Crippen LogP contribution in [0.5, 0.6) is 0 Å². The van der Waals surface area contributed by atoms with Crippen molar-refractivity contribution in [3.63, 3.8) is 0 Å². The third-order valence-electron chi connectivity index (χ3n) is 3.20. The van der Waals surface area contributed by atoms with Crippen molar-refractivity contribution in [2.24, 2.45) is 0 Å². The van der Waals surface area contributed by atoms with Crippen LogP contribution in [0.2, 0.25) is 5.02 Å². The second kappa shape index (κ2) is 7.22. The third kappa shape index (κ3) is 3.92. The topological polar surface area (TPSA) is 37.3 Å². The third-order valence-corrected chi connectivity index (χ3v) is 3.45. The minimum absolute atomic E-state index is 0.126. The van der Waals surface area contributed by atoms with E-state index in [-0.39, 0.29) is 12.4 Å². The zero-order chi connectivity index (χ0) is 14.4. The molecule has 3 heteroatoms. The molecule has 20 heavy (non-hydrogen) atoms. The predicted octanol–water partition coefficient (Wildman–Crippen LogP) is 4.35. The molecule has 0 atom stereocenters. The SMILES string of the molecule is O=C(CCCCO)c1ccc(-c2ccc(Cl)cc2)cc1. The minimum Gasteiger partial charge on any atom is -0.396 e. The zero-order valence-corrected chi connectivity index (χ0v) is 11.9. The molecular formula is C17H17ClO2. The molecule has 2 aromatic rings. The maximum atomic E-state index is 11.9. The molecule has 0 aliphatic rings. The lowest BCUT2D eigenvalue weighted by molar-refractivity contribution is 0.0977. The number of hydrogen-bond acceptors (Lipinski definition) is 2. The van der Waals surface area contributed by atoms with E-state index >= 15 is 0 Å². The van der Waals surface area contributed by atoms with Crippen LogP contribution in [0.3, 0.4) is 0 Å². The number of ketones is 1. The average Bonchev–Trinajstić information content (AvgIpc) is 2.48. The first kappa shape index (κ1) is 14.8. The Bertz CT molecular complexity index is 559. The van der Waals surface area contributed by atoms with E-state index in [2.05, 4.69) is 0 Å². The molecule has 0 bridgehead atoms. The van der Waals surface area contributed by atoms with Crippen molar-refractivity contribution in [2.75, 3.05) is 6.61 Å². The number of aliphatic hydroxyl groups excluding tert-OH is 1. The van der Waals surface area contributed by atoms with Crippen LogP contribution in [-0.2, 0) is 0 Å². The highest BCUT2D eigenvalue weighted by atomic mass is 35.5. The Hall–Kier alpha value is -1.64. The number of carbonyl (C=O) groups is 1. The monoisotopic (exact) mass is 288 g/mol. The van der Waals surface area contributed by atoms with E-state index in [0.29, 0.717) is 17.9 Å². The molecule has 0 aromatic heterocycles. The summed E-state index contributed by atoms with van der Waals surface area (Å²) < 4.78 is 0. The quantitative estimate of drug-likeness (QED) is 0.634. The first-order valence-electron chi connectivity index (χ1n) is 6.71. The van der Waals surface area contributed by atoms with Crippen molar-refractivity contribution in [1.82, 2.24) is 0 Å². The number of hydrogen-bond donors (Lipinski definition) is 1. The molecule has 2 nitrogen and oxygen atoms in total. The standard InChI is InChI=1S/C17H17ClO2/c18-16-10-8-14(9-11-16)13-4-6-15(7-5-13)17(20)3-1-2-12-19/h4-11,19H,1-3,12H2. The summed E-state index contributed by atoms with van der Waals surface area (Å²) in [5.74, 6) is 0.126. The van der Waals surface area contributed by atoms with Crippen LogP contribution < -0.4 is 0 Å². The predicted molar refractivity (Wildman–Crippen MR) is 82.2 cm³/mol. The van der Waals surface area contributed by atoms with Gasteiger partial charge in [0.1, 0.15) is 0 Å². The molecule has 2 aromatic carbocycles. The molecule has 0 spiro atoms. The molecule has 1 N–H and O–H groups in total. The van der Waals surface area contributed by atoms with Crippen LogP contribution in [0.25, 0.3) is 11.1 Å². The fourth-order valence-electron chi connectivity index (χ4n) is 2.03. The van der Waals surface area contributed by atoms with Crippen LogP contribution in [0.1, 0.15) is 29.6 Å². The summed E-state index contributed by atoms with van der Waals surface area (Å²) in [4.78, 5) is 11.9. The van der Waals surface area contributed by atoms with Gasteiger partial charge in [0, 0.05) is 23.6 Å². The van der Waals surface area contributed by atoms with Gasteiger partial charge in [0.05, 0.1) is 0 Å². The van der Waals surface area contributed by atoms with E-state index in [9.17, 15) is 4.79 Å². The van der Waals surface area contributed by atoms with Gasteiger partial charge in [-0.25, -0.2) is 0 Å². The highest BCUT2D eigenvalue weighted by Crippen LogP contribution is 2.22. The number of halogens is 1. The molecule has 0 saturated carbocycles. The molecule has 0 aliphatic carbocycles. The van der Waals surface area contributed by atoms with E-state index < -0.39 is 0 Å². The normalized spacial score (nSPS) is 10.5. The lowest BCUT2D eigenvalue weighted by Crippen LogP contribution is -1.99. The van der Waals surface area contributed by atoms with Gasteiger partial charge in [-0.15, -0.1) is 0 Å². The maximum Gasteiger partial charge on any atom is 0.162 e. The van der Waals surface area contributed by atoms with Gasteiger partial charge in [-0.1, -0.05) is 48.0 Å². The fourth-order valence-corrected chi connectivity index (χ4v) is 2.16. The smallest absolute Gasteiger partial charge is 0.162 e. The van der Waals surface area contributed by atoms with Crippen molar-refractivity contribution in [1.29, 1.82) is 0 Å². The molecule has 0 unspecified atom stereocenters. The Morgan fingerprint density at radius 3 is 2.00 bits per heavy atom. The molecule has 0 saturated heterocycles. The van der Waals surface area contributed by atoms with Crippen molar-refractivity contribution < 1.29 is 9.90 Å². The highest BCUT2D eigenvalue weighted by molar-refractivity contribution is 6.30. The van der Waals surface area contributed by atoms with Crippen LogP contribution in [0.4, 0.5) is 0 Å². The first-order chi connectivity index (χ1) is 9.70. The highest BCUT2D eigenvalue weighted by Gasteiger charge is 2.06. The van der Waals surface area contributed by atoms with E-state index in [1.54, 1.807) is 0 Å². The van der Waals surface area contributed by atoms with Gasteiger partial charge in [-0.05, 0) is 36.1 Å². The number of carbonyl (C=O) groups excluding carboxylic acids is 1. The molecule has 0 heterocycles. The van der Waals surface area contributed by atoms with Crippen molar-refractivity contribution in [2.45, 2.75) is 19.3 Å². The van der Waals surface area contributed by atoms with Crippen molar-refractivity contribution >= 4 is 17.4 Å². The second-order valence-corrected chi connectivity index (χ2v) is 5.12. The van der Waals surface area contributed by atoms with Crippen LogP contribution in [0.15, 0.2) is 48.5 Å². The van der Waals surface area contributed by atoms with Gasteiger partial charge in [-0.3, -0.25) is 4.79 Å². The van der Waals surface area contributed by atoms with Gasteiger partial charge in [0.2, 0.25) is 0 Å². The first-order valence-corrected chi connectivity index (χ1v) is 7.08. The fraction of sp³-hybridized carbons (Fsp3) is 0.235. The Morgan fingerprint density at radius 2 is 1.45 bits per heavy atom. The molecule has 0 radical (unpaired) electrons. The minimum atomic E-state index is 0.126. The average molecular weight is 289 g/mol. The van der Waals surface area contributed by atoms with Crippen molar-refractivity contribution in [3.05, 3.63) is 59.1 Å². The zero-order valence-electron chi connectivity index (χ0n) is 11.2. The largest absolute Gasteiger partial charge is 0.396 e. The summed E-state index contributed by atoms with van der Waals surface area (Å²) in [7, 11) is 0. The van der Waals surface area contributed by atoms with E-state index in [1.165, 1.54) is 0 Å². The van der Waals surface area contributed by atoms with Gasteiger partial charge in [0.25, 0.3) is 0 Å². The van der Waals surface area contributed by atoms with Crippen LogP contribution >= 0.6 is 11.6 Å². The summed E-state index contributed by atoms with van der Waals surface area (Å²) in [6, 6.07) is 15.2. The van der Waals surface area contributed by atoms with Crippen molar-refractivity contribution in [3.8, 4) is 11.1 Å². The van der Waals surface area contributed by atoms with Gasteiger partial charge in [-0.2, -0.15) is 0 Å². The number of unbranched alkanes of at least 4 members (excludes halogenated alkanes) is 1.